The van der Waals surface area contributed by atoms with Crippen LogP contribution in [0.1, 0.15) is 106 Å². The molecule has 32 rings (SSSR count). The van der Waals surface area contributed by atoms with Crippen LogP contribution in [0.15, 0.2) is 472 Å². The van der Waals surface area contributed by atoms with Gasteiger partial charge in [-0.25, -0.2) is 15.0 Å². The van der Waals surface area contributed by atoms with Crippen LogP contribution in [0.25, 0.3) is 139 Å². The molecule has 9 heteroatoms. The minimum absolute atomic E-state index is 0.323. The van der Waals surface area contributed by atoms with E-state index in [1.807, 2.05) is 35.3 Å². The number of benzene rings is 20. The molecule has 0 fully saturated rings. The molecule has 9 aliphatic rings. The van der Waals surface area contributed by atoms with Crippen molar-refractivity contribution < 1.29 is 0 Å². The van der Waals surface area contributed by atoms with Gasteiger partial charge < -0.3 is 0 Å². The van der Waals surface area contributed by atoms with Crippen LogP contribution in [-0.2, 0) is 21.7 Å². The Labute approximate surface area is 817 Å². The van der Waals surface area contributed by atoms with Gasteiger partial charge in [-0.3, -0.25) is 13.7 Å². The second-order valence-electron chi connectivity index (χ2n) is 38.1. The summed E-state index contributed by atoms with van der Waals surface area (Å²) in [5.41, 5.74) is 51.1. The van der Waals surface area contributed by atoms with Crippen LogP contribution in [0.5, 0.6) is 0 Å². The fourth-order valence-corrected chi connectivity index (χ4v) is 29.7. The van der Waals surface area contributed by atoms with E-state index in [9.17, 15) is 0 Å². The van der Waals surface area contributed by atoms with Crippen LogP contribution in [-0.4, -0.2) is 28.7 Å². The van der Waals surface area contributed by atoms with E-state index in [2.05, 4.69) is 477 Å². The first-order chi connectivity index (χ1) is 68.6. The van der Waals surface area contributed by atoms with Gasteiger partial charge >= 0.3 is 0 Å². The summed E-state index contributed by atoms with van der Waals surface area (Å²) < 4.78 is 6.97. The molecule has 0 bridgehead atoms. The maximum absolute atomic E-state index is 4.91. The molecule has 650 valence electrons. The monoisotopic (exact) mass is 1820 g/mol. The molecule has 0 saturated carbocycles. The van der Waals surface area contributed by atoms with Gasteiger partial charge in [0.2, 0.25) is 0 Å². The molecular weight excluding hydrogens is 1740 g/mol. The smallest absolute Gasteiger partial charge is 0.111 e. The lowest BCUT2D eigenvalue weighted by Gasteiger charge is -2.48. The number of imidazole rings is 3. The van der Waals surface area contributed by atoms with E-state index in [1.54, 1.807) is 0 Å². The summed E-state index contributed by atoms with van der Waals surface area (Å²) in [5, 5.41) is 0. The Morgan fingerprint density at radius 2 is 0.388 bits per heavy atom. The standard InChI is InChI=1S/C52H32N2S.C39H24N2S.C39H26N2S/c1-31-53-46-23-12-24-48-50(46)54(31)47-28-26-33(30-49(47)55-48)32-25-27-37-36-15-4-7-18-40(36)52(45(37)29-32)43-21-10-8-19-41(43)51(42-20-9-11-22-44(42)52)38-16-5-2-13-34(38)35-14-3-6-17-39(35)51;1-23-40-34-15-8-16-36-38(34)41(23)35-20-18-25(22-37(35)42-36)24-17-19-29-28-11-4-7-14-32(28)39(33(29)21-24)30-12-5-2-9-26(30)27-10-3-6-13-31(27)39;1-25-40-34-17-10-18-36-38(34)41(25)35-22-20-27(24-37(35)42-36)26-19-21-31-30-15-8-9-16-32(30)39(33(31)23-26,28-11-4-2-5-12-28)29-13-6-3-7-14-29/h2-30H,1H3;2-22H,1H3;2-24H,1H3. The Morgan fingerprint density at radius 3 is 0.676 bits per heavy atom. The first kappa shape index (κ1) is 79.1. The highest BCUT2D eigenvalue weighted by atomic mass is 32.2. The maximum atomic E-state index is 4.91. The van der Waals surface area contributed by atoms with Crippen LogP contribution >= 0.6 is 35.3 Å². The van der Waals surface area contributed by atoms with Crippen molar-refractivity contribution in [3.63, 3.8) is 0 Å². The topological polar surface area (TPSA) is 53.5 Å². The van der Waals surface area contributed by atoms with Crippen molar-refractivity contribution in [3.8, 4) is 106 Å². The fourth-order valence-electron chi connectivity index (χ4n) is 26.3. The van der Waals surface area contributed by atoms with Gasteiger partial charge in [0.15, 0.2) is 0 Å². The highest BCUT2D eigenvalue weighted by Crippen LogP contribution is 2.70. The Hall–Kier alpha value is -16.1. The Kier molecular flexibility index (Phi) is 16.8. The number of hydrogen-bond donors (Lipinski definition) is 0. The van der Waals surface area contributed by atoms with Gasteiger partial charge in [0.25, 0.3) is 0 Å². The van der Waals surface area contributed by atoms with Gasteiger partial charge in [0.05, 0.1) is 71.8 Å². The van der Waals surface area contributed by atoms with Crippen molar-refractivity contribution in [2.24, 2.45) is 0 Å². The zero-order chi connectivity index (χ0) is 91.5. The maximum Gasteiger partial charge on any atom is 0.111 e. The molecule has 0 N–H and O–H groups in total. The van der Waals surface area contributed by atoms with Crippen LogP contribution in [0.4, 0.5) is 0 Å². The number of aromatic nitrogens is 6. The zero-order valence-corrected chi connectivity index (χ0v) is 78.5. The molecule has 0 unspecified atom stereocenters. The summed E-state index contributed by atoms with van der Waals surface area (Å²) >= 11 is 5.55. The third kappa shape index (κ3) is 10.6. The van der Waals surface area contributed by atoms with Crippen molar-refractivity contribution in [3.05, 3.63) is 549 Å². The van der Waals surface area contributed by atoms with E-state index >= 15 is 0 Å². The normalized spacial score (nSPS) is 14.6. The first-order valence-electron chi connectivity index (χ1n) is 48.0. The van der Waals surface area contributed by atoms with Gasteiger partial charge in [0.1, 0.15) is 17.5 Å². The Bertz CT molecular complexity index is 8890. The van der Waals surface area contributed by atoms with Gasteiger partial charge in [-0.15, -0.1) is 0 Å². The number of fused-ring (bicyclic) bond motifs is 35. The molecule has 0 radical (unpaired) electrons. The lowest BCUT2D eigenvalue weighted by atomic mass is 9.52. The van der Waals surface area contributed by atoms with Gasteiger partial charge in [-0.1, -0.05) is 387 Å². The number of hydrogen-bond acceptors (Lipinski definition) is 6. The van der Waals surface area contributed by atoms with Crippen molar-refractivity contribution in [1.29, 1.82) is 0 Å². The predicted octanol–water partition coefficient (Wildman–Crippen LogP) is 32.1. The lowest BCUT2D eigenvalue weighted by molar-refractivity contribution is 0.633. The molecule has 3 aliphatic heterocycles. The van der Waals surface area contributed by atoms with E-state index in [0.717, 1.165) is 34.0 Å². The average Bonchev–Trinajstić information content (AvgIpc) is 1.50. The van der Waals surface area contributed by atoms with E-state index in [4.69, 9.17) is 15.0 Å². The second kappa shape index (κ2) is 29.4. The van der Waals surface area contributed by atoms with Gasteiger partial charge in [-0.05, 0) is 290 Å². The highest BCUT2D eigenvalue weighted by Gasteiger charge is 2.60. The quantitative estimate of drug-likeness (QED) is 0.171. The summed E-state index contributed by atoms with van der Waals surface area (Å²) in [6.07, 6.45) is 0. The molecule has 6 aliphatic carbocycles. The molecule has 0 amide bonds. The number of para-hydroxylation sites is 3. The first-order valence-corrected chi connectivity index (χ1v) is 50.5. The summed E-state index contributed by atoms with van der Waals surface area (Å²) in [6.45, 7) is 6.32. The third-order valence-electron chi connectivity index (χ3n) is 31.6. The molecular formula is C130H82N6S3. The minimum atomic E-state index is -0.506. The summed E-state index contributed by atoms with van der Waals surface area (Å²) in [4.78, 5) is 22.2. The van der Waals surface area contributed by atoms with Crippen molar-refractivity contribution >= 4 is 68.4 Å². The highest BCUT2D eigenvalue weighted by molar-refractivity contribution is 8.00. The SMILES string of the molecule is Cc1nc2cccc3c2n1-c1ccc(-c2ccc4c(c2)C(c2ccccc2)(c2ccccc2)c2ccccc2-4)cc1S3.Cc1nc2cccc3c2n1-c1ccc(-c2ccc4c(c2)C2(c5ccccc5-4)c4ccccc4C4(c5ccccc5-c5ccccc54)c4ccccc42)cc1S3.Cc1nc2cccc3c2n1-c1ccc(-c2ccc4c(c2)C2(c5ccccc5-c5ccccc52)c2ccccc2-4)cc1S3. The summed E-state index contributed by atoms with van der Waals surface area (Å²) in [6, 6.07) is 166. The molecule has 0 atom stereocenters. The molecule has 3 spiro atoms. The second-order valence-corrected chi connectivity index (χ2v) is 41.4. The summed E-state index contributed by atoms with van der Waals surface area (Å²) in [7, 11) is 0. The van der Waals surface area contributed by atoms with E-state index in [0.29, 0.717) is 0 Å². The van der Waals surface area contributed by atoms with Crippen LogP contribution in [0.3, 0.4) is 0 Å². The molecule has 6 nitrogen and oxygen atoms in total. The third-order valence-corrected chi connectivity index (χ3v) is 34.9. The van der Waals surface area contributed by atoms with Crippen molar-refractivity contribution in [2.45, 2.75) is 71.8 Å². The molecule has 139 heavy (non-hydrogen) atoms. The lowest BCUT2D eigenvalue weighted by Crippen LogP contribution is -2.43. The molecule has 0 saturated heterocycles. The van der Waals surface area contributed by atoms with Crippen LogP contribution in [0.2, 0.25) is 0 Å². The number of aryl methyl sites for hydroxylation is 3. The molecule has 20 aromatic carbocycles. The molecule has 23 aromatic rings. The summed E-state index contributed by atoms with van der Waals surface area (Å²) in [5.74, 6) is 3.08. The number of rotatable bonds is 5. The Balaban J connectivity index is 0.0000000997. The van der Waals surface area contributed by atoms with E-state index in [1.165, 1.54) is 241 Å². The van der Waals surface area contributed by atoms with E-state index in [-0.39, 0.29) is 5.41 Å². The zero-order valence-electron chi connectivity index (χ0n) is 76.1. The Morgan fingerprint density at radius 1 is 0.173 bits per heavy atom. The minimum Gasteiger partial charge on any atom is -0.294 e. The van der Waals surface area contributed by atoms with Gasteiger partial charge in [0, 0.05) is 29.4 Å². The molecule has 6 heterocycles. The van der Waals surface area contributed by atoms with Crippen molar-refractivity contribution in [2.75, 3.05) is 0 Å². The van der Waals surface area contributed by atoms with Gasteiger partial charge in [-0.2, -0.15) is 0 Å². The van der Waals surface area contributed by atoms with Crippen LogP contribution < -0.4 is 0 Å². The van der Waals surface area contributed by atoms with Crippen LogP contribution in [0, 0.1) is 20.8 Å². The van der Waals surface area contributed by atoms with Crippen molar-refractivity contribution in [1.82, 2.24) is 28.7 Å². The largest absolute Gasteiger partial charge is 0.294 e. The molecule has 3 aromatic heterocycles. The fraction of sp³-hybridized carbons (Fsp3) is 0.0538. The average molecular weight is 1820 g/mol. The number of nitrogens with zero attached hydrogens (tertiary/aromatic N) is 6. The predicted molar refractivity (Wildman–Crippen MR) is 568 cm³/mol. The van der Waals surface area contributed by atoms with E-state index < -0.39 is 16.2 Å².